The van der Waals surface area contributed by atoms with Crippen LogP contribution >= 0.6 is 11.6 Å². The van der Waals surface area contributed by atoms with E-state index < -0.39 is 22.5 Å². The molecule has 6 heteroatoms. The highest BCUT2D eigenvalue weighted by molar-refractivity contribution is 6.22. The van der Waals surface area contributed by atoms with Crippen LogP contribution < -0.4 is 4.74 Å². The van der Waals surface area contributed by atoms with Crippen LogP contribution in [0.25, 0.3) is 10.9 Å². The molecule has 2 aromatic carbocycles. The number of phenolic OH excluding ortho intramolecular Hbond substituents is 1. The molecule has 1 aromatic heterocycles. The van der Waals surface area contributed by atoms with Gasteiger partial charge in [0, 0.05) is 36.0 Å². The van der Waals surface area contributed by atoms with Gasteiger partial charge in [0.2, 0.25) is 0 Å². The summed E-state index contributed by atoms with van der Waals surface area (Å²) in [6.07, 6.45) is 0.811. The number of piperidine rings is 1. The monoisotopic (exact) mass is 448 g/mol. The summed E-state index contributed by atoms with van der Waals surface area (Å²) >= 11 is 7.18. The number of alkyl halides is 1. The van der Waals surface area contributed by atoms with Gasteiger partial charge < -0.3 is 19.9 Å². The zero-order valence-corrected chi connectivity index (χ0v) is 18.6. The molecule has 0 saturated carbocycles. The number of fused-ring (bicyclic) bond motifs is 4. The molecule has 164 valence electrons. The minimum absolute atomic E-state index is 0.110. The molecule has 3 heterocycles. The molecule has 0 amide bonds. The van der Waals surface area contributed by atoms with Crippen molar-refractivity contribution in [2.75, 3.05) is 13.1 Å². The Morgan fingerprint density at radius 1 is 1.31 bits per heavy atom. The van der Waals surface area contributed by atoms with Crippen LogP contribution in [0.1, 0.15) is 47.2 Å². The predicted molar refractivity (Wildman–Crippen MR) is 123 cm³/mol. The molecule has 3 N–H and O–H groups in total. The molecule has 2 aliphatic carbocycles. The fourth-order valence-corrected chi connectivity index (χ4v) is 7.83. The maximum atomic E-state index is 12.7. The molecule has 1 spiro atoms. The fourth-order valence-electron chi connectivity index (χ4n) is 7.28. The Morgan fingerprint density at radius 3 is 2.94 bits per heavy atom. The van der Waals surface area contributed by atoms with Crippen LogP contribution in [0.15, 0.2) is 48.6 Å². The third-order valence-corrected chi connectivity index (χ3v) is 8.82. The van der Waals surface area contributed by atoms with E-state index in [4.69, 9.17) is 16.3 Å². The van der Waals surface area contributed by atoms with Gasteiger partial charge in [0.1, 0.15) is 0 Å². The highest BCUT2D eigenvalue weighted by Gasteiger charge is 2.74. The van der Waals surface area contributed by atoms with Gasteiger partial charge in [-0.3, -0.25) is 4.90 Å². The summed E-state index contributed by atoms with van der Waals surface area (Å²) in [7, 11) is 0. The number of rotatable bonds is 2. The number of aromatic nitrogens is 1. The van der Waals surface area contributed by atoms with E-state index >= 15 is 0 Å². The average Bonchev–Trinajstić information content (AvgIpc) is 3.28. The zero-order valence-electron chi connectivity index (χ0n) is 17.9. The maximum absolute atomic E-state index is 12.7. The Bertz CT molecular complexity index is 1330. The van der Waals surface area contributed by atoms with Gasteiger partial charge in [-0.25, -0.2) is 0 Å². The minimum atomic E-state index is -1.14. The summed E-state index contributed by atoms with van der Waals surface area (Å²) in [5.74, 6) is 0.592. The summed E-state index contributed by atoms with van der Waals surface area (Å²) in [5, 5.41) is 24.2. The van der Waals surface area contributed by atoms with Crippen LogP contribution in [0, 0.1) is 0 Å². The number of aromatic amines is 1. The van der Waals surface area contributed by atoms with E-state index in [1.807, 2.05) is 25.1 Å². The Hall–Kier alpha value is -2.47. The van der Waals surface area contributed by atoms with Gasteiger partial charge >= 0.3 is 0 Å². The van der Waals surface area contributed by atoms with E-state index in [1.165, 1.54) is 0 Å². The highest BCUT2D eigenvalue weighted by atomic mass is 35.5. The van der Waals surface area contributed by atoms with Gasteiger partial charge in [0.15, 0.2) is 17.6 Å². The van der Waals surface area contributed by atoms with Crippen molar-refractivity contribution in [1.29, 1.82) is 0 Å². The average molecular weight is 449 g/mol. The van der Waals surface area contributed by atoms with Crippen molar-refractivity contribution >= 4 is 22.5 Å². The second-order valence-corrected chi connectivity index (χ2v) is 10.5. The highest BCUT2D eigenvalue weighted by Crippen LogP contribution is 2.71. The largest absolute Gasteiger partial charge is 0.504 e. The number of hydrogen-bond acceptors (Lipinski definition) is 4. The predicted octanol–water partition coefficient (Wildman–Crippen LogP) is 4.48. The van der Waals surface area contributed by atoms with Gasteiger partial charge in [-0.05, 0) is 36.6 Å². The summed E-state index contributed by atoms with van der Waals surface area (Å²) in [6.45, 7) is 7.62. The molecule has 7 rings (SSSR count). The van der Waals surface area contributed by atoms with Crippen LogP contribution in [-0.4, -0.2) is 44.8 Å². The number of para-hydroxylation sites is 1. The lowest BCUT2D eigenvalue weighted by Crippen LogP contribution is -2.75. The maximum Gasteiger partial charge on any atom is 0.166 e. The molecular weight excluding hydrogens is 424 g/mol. The number of H-pyrrole nitrogens is 1. The number of likely N-dealkylation sites (tertiary alicyclic amines) is 1. The second kappa shape index (κ2) is 5.90. The van der Waals surface area contributed by atoms with Crippen LogP contribution in [-0.2, 0) is 11.8 Å². The molecule has 5 unspecified atom stereocenters. The number of nitrogens with one attached hydrogen (secondary N) is 1. The number of benzene rings is 2. The summed E-state index contributed by atoms with van der Waals surface area (Å²) in [5.41, 5.74) is 4.25. The van der Waals surface area contributed by atoms with Crippen LogP contribution in [0.5, 0.6) is 11.5 Å². The summed E-state index contributed by atoms with van der Waals surface area (Å²) < 4.78 is 6.56. The first-order chi connectivity index (χ1) is 15.4. The second-order valence-electron chi connectivity index (χ2n) is 10.0. The van der Waals surface area contributed by atoms with Crippen LogP contribution in [0.4, 0.5) is 0 Å². The standard InChI is InChI=1S/C26H25ClN2O3/c1-13(2)12-29-10-9-25-19-15-7-8-18(30)22(19)32-24(25)21-16(11-26(25,31)23(29)20(15)27)14-5-3-4-6-17(14)28-21/h3-8,20,23-24,28,30-31H,1,9-12H2,2H3. The van der Waals surface area contributed by atoms with Crippen molar-refractivity contribution in [2.24, 2.45) is 0 Å². The van der Waals surface area contributed by atoms with E-state index in [-0.39, 0.29) is 11.8 Å². The minimum Gasteiger partial charge on any atom is -0.504 e. The lowest BCUT2D eigenvalue weighted by molar-refractivity contribution is -0.172. The SMILES string of the molecule is C=C(C)CN1CCC23c4c5ccc(O)c4OC2c2[nH]c4ccccc4c2CC3(O)C1C5Cl. The van der Waals surface area contributed by atoms with Gasteiger partial charge in [0.05, 0.1) is 28.1 Å². The molecule has 0 radical (unpaired) electrons. The Balaban J connectivity index is 1.57. The molecule has 2 aliphatic heterocycles. The molecule has 1 fully saturated rings. The third-order valence-electron chi connectivity index (χ3n) is 8.35. The van der Waals surface area contributed by atoms with Crippen molar-refractivity contribution in [3.8, 4) is 11.5 Å². The van der Waals surface area contributed by atoms with Gasteiger partial charge in [-0.15, -0.1) is 11.6 Å². The smallest absolute Gasteiger partial charge is 0.166 e. The first-order valence-electron chi connectivity index (χ1n) is 11.2. The quantitative estimate of drug-likeness (QED) is 0.399. The van der Waals surface area contributed by atoms with Crippen molar-refractivity contribution in [3.05, 3.63) is 70.9 Å². The van der Waals surface area contributed by atoms with Crippen molar-refractivity contribution < 1.29 is 14.9 Å². The molecule has 2 bridgehead atoms. The van der Waals surface area contributed by atoms with Gasteiger partial charge in [0.25, 0.3) is 0 Å². The molecule has 5 atom stereocenters. The van der Waals surface area contributed by atoms with E-state index in [1.54, 1.807) is 6.07 Å². The van der Waals surface area contributed by atoms with Gasteiger partial charge in [-0.2, -0.15) is 0 Å². The molecule has 4 aliphatic rings. The number of ether oxygens (including phenoxy) is 1. The Labute approximate surface area is 191 Å². The van der Waals surface area contributed by atoms with Crippen molar-refractivity contribution in [3.63, 3.8) is 0 Å². The Kier molecular flexibility index (Phi) is 3.51. The number of aromatic hydroxyl groups is 1. The normalized spacial score (nSPS) is 34.2. The lowest BCUT2D eigenvalue weighted by atomic mass is 9.49. The first-order valence-corrected chi connectivity index (χ1v) is 11.7. The molecular formula is C26H25ClN2O3. The van der Waals surface area contributed by atoms with Gasteiger partial charge in [-0.1, -0.05) is 36.4 Å². The number of nitrogens with zero attached hydrogens (tertiary/aromatic N) is 1. The van der Waals surface area contributed by atoms with Crippen molar-refractivity contribution in [1.82, 2.24) is 9.88 Å². The fraction of sp³-hybridized carbons (Fsp3) is 0.385. The third kappa shape index (κ3) is 1.96. The molecule has 32 heavy (non-hydrogen) atoms. The number of phenols is 1. The van der Waals surface area contributed by atoms with E-state index in [0.717, 1.165) is 51.8 Å². The lowest BCUT2D eigenvalue weighted by Gasteiger charge is -2.63. The summed E-state index contributed by atoms with van der Waals surface area (Å²) in [6, 6.07) is 11.5. The van der Waals surface area contributed by atoms with Crippen LogP contribution in [0.2, 0.25) is 0 Å². The van der Waals surface area contributed by atoms with Crippen LogP contribution in [0.3, 0.4) is 0 Å². The molecule has 5 nitrogen and oxygen atoms in total. The number of aliphatic hydroxyl groups is 1. The first kappa shape index (κ1) is 19.0. The van der Waals surface area contributed by atoms with Crippen molar-refractivity contribution in [2.45, 2.75) is 48.3 Å². The summed E-state index contributed by atoms with van der Waals surface area (Å²) in [4.78, 5) is 5.90. The number of halogens is 1. The number of hydrogen-bond donors (Lipinski definition) is 3. The van der Waals surface area contributed by atoms with E-state index in [9.17, 15) is 10.2 Å². The Morgan fingerprint density at radius 2 is 2.12 bits per heavy atom. The zero-order chi connectivity index (χ0) is 22.0. The topological polar surface area (TPSA) is 68.7 Å². The molecule has 3 aromatic rings. The molecule has 1 saturated heterocycles. The van der Waals surface area contributed by atoms with E-state index in [0.29, 0.717) is 18.7 Å². The van der Waals surface area contributed by atoms with E-state index in [2.05, 4.69) is 28.6 Å².